The van der Waals surface area contributed by atoms with E-state index in [0.29, 0.717) is 13.1 Å². The summed E-state index contributed by atoms with van der Waals surface area (Å²) in [6, 6.07) is 24.2. The molecule has 1 aliphatic heterocycles. The van der Waals surface area contributed by atoms with Crippen molar-refractivity contribution in [3.8, 4) is 0 Å². The minimum Gasteiger partial charge on any atom is -0.334 e. The van der Waals surface area contributed by atoms with E-state index >= 15 is 0 Å². The first kappa shape index (κ1) is 19.7. The smallest absolute Gasteiger partial charge is 0.315 e. The molecule has 3 amide bonds. The van der Waals surface area contributed by atoms with Crippen molar-refractivity contribution >= 4 is 17.6 Å². The zero-order chi connectivity index (χ0) is 20.9. The predicted molar refractivity (Wildman–Crippen MR) is 118 cm³/mol. The molecule has 0 saturated heterocycles. The Morgan fingerprint density at radius 1 is 0.933 bits per heavy atom. The molecule has 0 fully saturated rings. The first-order valence-electron chi connectivity index (χ1n) is 10.2. The van der Waals surface area contributed by atoms with Crippen LogP contribution in [0.2, 0.25) is 0 Å². The largest absolute Gasteiger partial charge is 0.334 e. The van der Waals surface area contributed by atoms with E-state index in [1.165, 1.54) is 5.56 Å². The van der Waals surface area contributed by atoms with Crippen LogP contribution in [-0.2, 0) is 17.8 Å². The van der Waals surface area contributed by atoms with Gasteiger partial charge in [-0.25, -0.2) is 4.79 Å². The normalized spacial score (nSPS) is 13.4. The van der Waals surface area contributed by atoms with Crippen LogP contribution in [-0.4, -0.2) is 18.5 Å². The molecular weight excluding hydrogens is 374 g/mol. The number of hydrogen-bond acceptors (Lipinski definition) is 2. The van der Waals surface area contributed by atoms with Gasteiger partial charge in [0.15, 0.2) is 0 Å². The van der Waals surface area contributed by atoms with E-state index in [9.17, 15) is 9.59 Å². The number of nitrogens with one attached hydrogen (secondary N) is 2. The Morgan fingerprint density at radius 3 is 2.40 bits per heavy atom. The molecule has 0 radical (unpaired) electrons. The van der Waals surface area contributed by atoms with Crippen molar-refractivity contribution in [1.82, 2.24) is 10.6 Å². The molecule has 1 aliphatic rings. The number of benzene rings is 3. The van der Waals surface area contributed by atoms with Crippen molar-refractivity contribution < 1.29 is 9.59 Å². The summed E-state index contributed by atoms with van der Waals surface area (Å²) in [6.45, 7) is 3.04. The van der Waals surface area contributed by atoms with Crippen LogP contribution in [0, 0.1) is 6.92 Å². The highest BCUT2D eigenvalue weighted by Gasteiger charge is 2.32. The average Bonchev–Trinajstić information content (AvgIpc) is 3.21. The van der Waals surface area contributed by atoms with Crippen molar-refractivity contribution in [1.29, 1.82) is 0 Å². The third-order valence-electron chi connectivity index (χ3n) is 5.38. The molecule has 5 nitrogen and oxygen atoms in total. The molecule has 3 aromatic rings. The first-order valence-corrected chi connectivity index (χ1v) is 10.2. The lowest BCUT2D eigenvalue weighted by Crippen LogP contribution is -2.45. The zero-order valence-corrected chi connectivity index (χ0v) is 17.0. The highest BCUT2D eigenvalue weighted by molar-refractivity contribution is 6.01. The summed E-state index contributed by atoms with van der Waals surface area (Å²) >= 11 is 0. The number of carbonyl (C=O) groups excluding carboxylic acids is 2. The summed E-state index contributed by atoms with van der Waals surface area (Å²) in [5.74, 6) is -0.128. The van der Waals surface area contributed by atoms with Crippen LogP contribution < -0.4 is 15.5 Å². The molecule has 2 N–H and O–H groups in total. The maximum Gasteiger partial charge on any atom is 0.315 e. The monoisotopic (exact) mass is 399 g/mol. The van der Waals surface area contributed by atoms with Crippen molar-refractivity contribution in [2.24, 2.45) is 0 Å². The quantitative estimate of drug-likeness (QED) is 0.678. The fourth-order valence-electron chi connectivity index (χ4n) is 3.73. The van der Waals surface area contributed by atoms with Crippen molar-refractivity contribution in [3.63, 3.8) is 0 Å². The number of aryl methyl sites for hydroxylation is 1. The molecule has 1 heterocycles. The van der Waals surface area contributed by atoms with Gasteiger partial charge in [-0.05, 0) is 36.1 Å². The molecule has 0 saturated carbocycles. The second-order valence-corrected chi connectivity index (χ2v) is 7.52. The predicted octanol–water partition coefficient (Wildman–Crippen LogP) is 4.12. The van der Waals surface area contributed by atoms with Gasteiger partial charge < -0.3 is 15.5 Å². The van der Waals surface area contributed by atoms with Gasteiger partial charge in [0, 0.05) is 18.8 Å². The van der Waals surface area contributed by atoms with E-state index in [-0.39, 0.29) is 11.9 Å². The van der Waals surface area contributed by atoms with Gasteiger partial charge in [-0.3, -0.25) is 4.79 Å². The number of hydrogen-bond donors (Lipinski definition) is 2. The third kappa shape index (κ3) is 4.35. The van der Waals surface area contributed by atoms with Crippen LogP contribution >= 0.6 is 0 Å². The molecule has 0 aromatic heterocycles. The third-order valence-corrected chi connectivity index (χ3v) is 5.38. The summed E-state index contributed by atoms with van der Waals surface area (Å²) in [5.41, 5.74) is 5.01. The molecule has 3 aromatic carbocycles. The Hall–Kier alpha value is -3.60. The Bertz CT molecular complexity index is 1030. The lowest BCUT2D eigenvalue weighted by Gasteiger charge is -2.25. The van der Waals surface area contributed by atoms with Crippen molar-refractivity contribution in [2.45, 2.75) is 25.9 Å². The van der Waals surface area contributed by atoms with Gasteiger partial charge in [0.1, 0.15) is 6.04 Å². The van der Waals surface area contributed by atoms with Crippen LogP contribution in [0.4, 0.5) is 10.5 Å². The minimum atomic E-state index is -0.754. The number of fused-ring (bicyclic) bond motifs is 1. The minimum absolute atomic E-state index is 0.128. The van der Waals surface area contributed by atoms with Crippen LogP contribution in [0.3, 0.4) is 0 Å². The second-order valence-electron chi connectivity index (χ2n) is 7.52. The molecule has 152 valence electrons. The highest BCUT2D eigenvalue weighted by atomic mass is 16.2. The van der Waals surface area contributed by atoms with E-state index in [1.54, 1.807) is 4.90 Å². The van der Waals surface area contributed by atoms with E-state index in [0.717, 1.165) is 28.8 Å². The standard InChI is InChI=1S/C25H25N3O2/c1-18-11-13-19(14-12-18)17-26-25(30)27-23(21-8-3-2-4-9-21)24(29)28-16-15-20-7-5-6-10-22(20)28/h2-14,23H,15-17H2,1H3,(H2,26,27,30)/t23-/m0/s1. The number of urea groups is 1. The highest BCUT2D eigenvalue weighted by Crippen LogP contribution is 2.30. The molecule has 0 spiro atoms. The molecular formula is C25H25N3O2. The van der Waals surface area contributed by atoms with Crippen LogP contribution in [0.25, 0.3) is 0 Å². The topological polar surface area (TPSA) is 61.4 Å². The van der Waals surface area contributed by atoms with Gasteiger partial charge in [0.05, 0.1) is 0 Å². The Balaban J connectivity index is 1.50. The van der Waals surface area contributed by atoms with Gasteiger partial charge in [-0.2, -0.15) is 0 Å². The molecule has 5 heteroatoms. The van der Waals surface area contributed by atoms with E-state index in [2.05, 4.69) is 10.6 Å². The van der Waals surface area contributed by atoms with Gasteiger partial charge >= 0.3 is 6.03 Å². The summed E-state index contributed by atoms with van der Waals surface area (Å²) in [6.07, 6.45) is 0.822. The summed E-state index contributed by atoms with van der Waals surface area (Å²) in [7, 11) is 0. The van der Waals surface area contributed by atoms with E-state index in [1.807, 2.05) is 85.8 Å². The van der Waals surface area contributed by atoms with Crippen LogP contribution in [0.15, 0.2) is 78.9 Å². The number of amides is 3. The number of nitrogens with zero attached hydrogens (tertiary/aromatic N) is 1. The molecule has 30 heavy (non-hydrogen) atoms. The van der Waals surface area contributed by atoms with Crippen molar-refractivity contribution in [2.75, 3.05) is 11.4 Å². The number of carbonyl (C=O) groups is 2. The van der Waals surface area contributed by atoms with Crippen LogP contribution in [0.5, 0.6) is 0 Å². The number of anilines is 1. The molecule has 0 aliphatic carbocycles. The van der Waals surface area contributed by atoms with Crippen LogP contribution in [0.1, 0.15) is 28.3 Å². The maximum atomic E-state index is 13.4. The molecule has 1 atom stereocenters. The number of para-hydroxylation sites is 1. The summed E-state index contributed by atoms with van der Waals surface area (Å²) in [5, 5.41) is 5.74. The maximum absolute atomic E-state index is 13.4. The Labute approximate surface area is 176 Å². The number of rotatable bonds is 5. The molecule has 0 unspecified atom stereocenters. The SMILES string of the molecule is Cc1ccc(CNC(=O)N[C@H](C(=O)N2CCc3ccccc32)c2ccccc2)cc1. The van der Waals surface area contributed by atoms with Gasteiger partial charge in [-0.15, -0.1) is 0 Å². The fourth-order valence-corrected chi connectivity index (χ4v) is 3.73. The zero-order valence-electron chi connectivity index (χ0n) is 17.0. The van der Waals surface area contributed by atoms with Crippen molar-refractivity contribution in [3.05, 3.63) is 101 Å². The van der Waals surface area contributed by atoms with Gasteiger partial charge in [-0.1, -0.05) is 78.4 Å². The lowest BCUT2D eigenvalue weighted by atomic mass is 10.1. The average molecular weight is 399 g/mol. The summed E-state index contributed by atoms with van der Waals surface area (Å²) < 4.78 is 0. The van der Waals surface area contributed by atoms with E-state index < -0.39 is 6.04 Å². The first-order chi connectivity index (χ1) is 14.6. The lowest BCUT2D eigenvalue weighted by molar-refractivity contribution is -0.120. The van der Waals surface area contributed by atoms with E-state index in [4.69, 9.17) is 0 Å². The Morgan fingerprint density at radius 2 is 1.63 bits per heavy atom. The Kier molecular flexibility index (Phi) is 5.80. The molecule has 4 rings (SSSR count). The fraction of sp³-hybridized carbons (Fsp3) is 0.200. The second kappa shape index (κ2) is 8.82. The van der Waals surface area contributed by atoms with Gasteiger partial charge in [0.2, 0.25) is 0 Å². The molecule has 0 bridgehead atoms. The summed E-state index contributed by atoms with van der Waals surface area (Å²) in [4.78, 5) is 27.8. The van der Waals surface area contributed by atoms with Gasteiger partial charge in [0.25, 0.3) is 5.91 Å².